The van der Waals surface area contributed by atoms with Crippen LogP contribution in [-0.2, 0) is 9.59 Å². The summed E-state index contributed by atoms with van der Waals surface area (Å²) in [6, 6.07) is 13.5. The van der Waals surface area contributed by atoms with Gasteiger partial charge >= 0.3 is 5.97 Å². The lowest BCUT2D eigenvalue weighted by Gasteiger charge is -2.16. The molecule has 1 amide bonds. The normalized spacial score (nSPS) is 11.7. The first-order valence-corrected chi connectivity index (χ1v) is 10.5. The lowest BCUT2D eigenvalue weighted by atomic mass is 10.1. The van der Waals surface area contributed by atoms with E-state index in [2.05, 4.69) is 5.32 Å². The number of rotatable bonds is 11. The van der Waals surface area contributed by atoms with E-state index in [1.807, 2.05) is 13.0 Å². The number of nitrogens with one attached hydrogen (secondary N) is 1. The number of methoxy groups -OCH3 is 2. The van der Waals surface area contributed by atoms with E-state index in [9.17, 15) is 14.9 Å². The van der Waals surface area contributed by atoms with Crippen LogP contribution >= 0.6 is 0 Å². The second-order valence-electron chi connectivity index (χ2n) is 7.05. The van der Waals surface area contributed by atoms with E-state index < -0.39 is 18.0 Å². The largest absolute Gasteiger partial charge is 0.497 e. The van der Waals surface area contributed by atoms with Gasteiger partial charge in [-0.2, -0.15) is 5.26 Å². The molecule has 0 heterocycles. The highest BCUT2D eigenvalue weighted by Crippen LogP contribution is 2.30. The van der Waals surface area contributed by atoms with Crippen LogP contribution in [0.3, 0.4) is 0 Å². The van der Waals surface area contributed by atoms with Gasteiger partial charge in [-0.25, -0.2) is 4.79 Å². The average molecular weight is 453 g/mol. The number of carbonyl (C=O) groups is 2. The summed E-state index contributed by atoms with van der Waals surface area (Å²) in [7, 11) is 2.97. The molecule has 0 aliphatic heterocycles. The Morgan fingerprint density at radius 2 is 1.85 bits per heavy atom. The summed E-state index contributed by atoms with van der Waals surface area (Å²) in [6.07, 6.45) is 2.33. The zero-order valence-corrected chi connectivity index (χ0v) is 19.2. The van der Waals surface area contributed by atoms with Gasteiger partial charge in [0.25, 0.3) is 5.91 Å². The molecule has 0 spiro atoms. The molecule has 2 aromatic rings. The molecule has 1 N–H and O–H groups in total. The number of nitrogens with zero attached hydrogens (tertiary/aromatic N) is 1. The van der Waals surface area contributed by atoms with Crippen molar-refractivity contribution in [3.63, 3.8) is 0 Å². The number of benzene rings is 2. The van der Waals surface area contributed by atoms with Gasteiger partial charge < -0.3 is 24.3 Å². The van der Waals surface area contributed by atoms with Crippen LogP contribution in [0.15, 0.2) is 48.0 Å². The van der Waals surface area contributed by atoms with Crippen LogP contribution in [0, 0.1) is 11.3 Å². The average Bonchev–Trinajstić information content (AvgIpc) is 2.83. The summed E-state index contributed by atoms with van der Waals surface area (Å²) in [5, 5.41) is 12.0. The quantitative estimate of drug-likeness (QED) is 0.181. The molecule has 0 aromatic heterocycles. The van der Waals surface area contributed by atoms with Gasteiger partial charge in [0.15, 0.2) is 17.6 Å². The smallest absolute Gasteiger partial charge is 0.352 e. The van der Waals surface area contributed by atoms with Crippen LogP contribution in [-0.4, -0.2) is 38.7 Å². The zero-order valence-electron chi connectivity index (χ0n) is 19.2. The van der Waals surface area contributed by atoms with E-state index in [1.54, 1.807) is 50.4 Å². The second-order valence-corrected chi connectivity index (χ2v) is 7.05. The minimum Gasteiger partial charge on any atom is -0.497 e. The first-order chi connectivity index (χ1) is 15.9. The van der Waals surface area contributed by atoms with Crippen LogP contribution in [0.25, 0.3) is 6.08 Å². The lowest BCUT2D eigenvalue weighted by molar-refractivity contribution is -0.141. The van der Waals surface area contributed by atoms with Gasteiger partial charge in [-0.15, -0.1) is 0 Å². The van der Waals surface area contributed by atoms with Crippen LogP contribution in [0.1, 0.15) is 32.3 Å². The van der Waals surface area contributed by atoms with Crippen LogP contribution < -0.4 is 24.3 Å². The van der Waals surface area contributed by atoms with Gasteiger partial charge in [0.2, 0.25) is 0 Å². The molecule has 0 saturated carbocycles. The van der Waals surface area contributed by atoms with Gasteiger partial charge in [0.05, 0.1) is 14.2 Å². The topological polar surface area (TPSA) is 107 Å². The molecule has 8 heteroatoms. The van der Waals surface area contributed by atoms with Crippen molar-refractivity contribution in [1.82, 2.24) is 5.32 Å². The number of ether oxygens (including phenoxy) is 4. The summed E-state index contributed by atoms with van der Waals surface area (Å²) < 4.78 is 21.5. The number of nitriles is 1. The van der Waals surface area contributed by atoms with Crippen LogP contribution in [0.4, 0.5) is 0 Å². The van der Waals surface area contributed by atoms with Gasteiger partial charge in [-0.1, -0.05) is 25.5 Å². The molecule has 0 bridgehead atoms. The van der Waals surface area contributed by atoms with Gasteiger partial charge in [-0.05, 0) is 49.2 Å². The third-order valence-corrected chi connectivity index (χ3v) is 4.58. The third kappa shape index (κ3) is 7.58. The third-order valence-electron chi connectivity index (χ3n) is 4.58. The Morgan fingerprint density at radius 3 is 2.52 bits per heavy atom. The van der Waals surface area contributed by atoms with Crippen molar-refractivity contribution in [2.45, 2.75) is 32.8 Å². The first-order valence-electron chi connectivity index (χ1n) is 10.5. The van der Waals surface area contributed by atoms with Crippen molar-refractivity contribution in [3.05, 3.63) is 53.6 Å². The maximum Gasteiger partial charge on any atom is 0.352 e. The van der Waals surface area contributed by atoms with Crippen LogP contribution in [0.2, 0.25) is 0 Å². The molecule has 8 nitrogen and oxygen atoms in total. The standard InChI is InChI=1S/C25H28N2O6/c1-5-6-12-27-24(28)19(16-26)13-18-10-11-22(23(14-18)31-4)33-25(29)17(2)32-21-9-7-8-20(15-21)30-3/h7-11,13-15,17H,5-6,12H2,1-4H3,(H,27,28)/b19-13+. The van der Waals surface area contributed by atoms with E-state index >= 15 is 0 Å². The summed E-state index contributed by atoms with van der Waals surface area (Å²) in [6.45, 7) is 4.09. The Hall–Kier alpha value is -3.99. The van der Waals surface area contributed by atoms with Crippen molar-refractivity contribution < 1.29 is 28.5 Å². The minimum atomic E-state index is -0.890. The predicted molar refractivity (Wildman–Crippen MR) is 123 cm³/mol. The number of hydrogen-bond acceptors (Lipinski definition) is 7. The molecule has 0 radical (unpaired) electrons. The minimum absolute atomic E-state index is 0.0294. The summed E-state index contributed by atoms with van der Waals surface area (Å²) in [5.41, 5.74) is 0.521. The fourth-order valence-electron chi connectivity index (χ4n) is 2.77. The molecule has 2 rings (SSSR count). The van der Waals surface area contributed by atoms with Gasteiger partial charge in [-0.3, -0.25) is 4.79 Å². The summed E-state index contributed by atoms with van der Waals surface area (Å²) in [4.78, 5) is 24.7. The molecule has 1 unspecified atom stereocenters. The molecular formula is C25H28N2O6. The number of esters is 1. The molecule has 174 valence electrons. The number of amides is 1. The highest BCUT2D eigenvalue weighted by molar-refractivity contribution is 6.01. The van der Waals surface area contributed by atoms with E-state index in [1.165, 1.54) is 19.3 Å². The predicted octanol–water partition coefficient (Wildman–Crippen LogP) is 3.90. The van der Waals surface area contributed by atoms with E-state index in [0.717, 1.165) is 12.8 Å². The number of hydrogen-bond donors (Lipinski definition) is 1. The Balaban J connectivity index is 2.11. The SMILES string of the molecule is CCCCNC(=O)/C(C#N)=C/c1ccc(OC(=O)C(C)Oc2cccc(OC)c2)c(OC)c1. The number of carbonyl (C=O) groups excluding carboxylic acids is 2. The highest BCUT2D eigenvalue weighted by atomic mass is 16.6. The maximum absolute atomic E-state index is 12.5. The molecule has 33 heavy (non-hydrogen) atoms. The molecule has 0 fully saturated rings. The van der Waals surface area contributed by atoms with Gasteiger partial charge in [0.1, 0.15) is 23.1 Å². The first kappa shape index (κ1) is 25.3. The Bertz CT molecular complexity index is 1040. The van der Waals surface area contributed by atoms with Crippen molar-refractivity contribution in [1.29, 1.82) is 5.26 Å². The maximum atomic E-state index is 12.5. The monoisotopic (exact) mass is 452 g/mol. The lowest BCUT2D eigenvalue weighted by Crippen LogP contribution is -2.28. The fraction of sp³-hybridized carbons (Fsp3) is 0.320. The fourth-order valence-corrected chi connectivity index (χ4v) is 2.77. The summed E-state index contributed by atoms with van der Waals surface area (Å²) in [5.74, 6) is 0.471. The van der Waals surface area contributed by atoms with E-state index in [-0.39, 0.29) is 17.1 Å². The molecule has 2 aromatic carbocycles. The zero-order chi connectivity index (χ0) is 24.2. The Labute approximate surface area is 193 Å². The molecule has 1 atom stereocenters. The molecule has 0 saturated heterocycles. The van der Waals surface area contributed by atoms with Crippen molar-refractivity contribution in [2.24, 2.45) is 0 Å². The van der Waals surface area contributed by atoms with Gasteiger partial charge in [0, 0.05) is 12.6 Å². The molecule has 0 aliphatic rings. The second kappa shape index (κ2) is 12.8. The van der Waals surface area contributed by atoms with E-state index in [0.29, 0.717) is 23.6 Å². The van der Waals surface area contributed by atoms with Crippen molar-refractivity contribution >= 4 is 18.0 Å². The molecule has 0 aliphatic carbocycles. The Morgan fingerprint density at radius 1 is 1.09 bits per heavy atom. The van der Waals surface area contributed by atoms with Crippen molar-refractivity contribution in [2.75, 3.05) is 20.8 Å². The number of unbranched alkanes of at least 4 members (excludes halogenated alkanes) is 1. The van der Waals surface area contributed by atoms with Crippen molar-refractivity contribution in [3.8, 4) is 29.1 Å². The molecular weight excluding hydrogens is 424 g/mol. The van der Waals surface area contributed by atoms with E-state index in [4.69, 9.17) is 18.9 Å². The van der Waals surface area contributed by atoms with Crippen LogP contribution in [0.5, 0.6) is 23.0 Å². The highest BCUT2D eigenvalue weighted by Gasteiger charge is 2.20. The Kier molecular flexibility index (Phi) is 9.78. The summed E-state index contributed by atoms with van der Waals surface area (Å²) >= 11 is 0.